The molecule has 1 N–H and O–H groups in total. The van der Waals surface area contributed by atoms with Gasteiger partial charge in [-0.05, 0) is 43.9 Å². The van der Waals surface area contributed by atoms with Crippen LogP contribution in [0.4, 0.5) is 13.2 Å². The first-order valence-corrected chi connectivity index (χ1v) is 10.4. The van der Waals surface area contributed by atoms with Crippen LogP contribution in [0, 0.1) is 0 Å². The van der Waals surface area contributed by atoms with Crippen molar-refractivity contribution in [1.82, 2.24) is 19.8 Å². The van der Waals surface area contributed by atoms with Crippen LogP contribution in [-0.2, 0) is 24.6 Å². The van der Waals surface area contributed by atoms with Gasteiger partial charge in [0.05, 0.1) is 17.6 Å². The fourth-order valence-electron chi connectivity index (χ4n) is 5.03. The molecule has 0 radical (unpaired) electrons. The number of carbonyl (C=O) groups is 1. The predicted molar refractivity (Wildman–Crippen MR) is 106 cm³/mol. The summed E-state index contributed by atoms with van der Waals surface area (Å²) < 4.78 is 42.0. The second-order valence-electron chi connectivity index (χ2n) is 8.70. The molecule has 2 aliphatic rings. The van der Waals surface area contributed by atoms with E-state index in [1.807, 2.05) is 24.7 Å². The molecule has 3 heterocycles. The van der Waals surface area contributed by atoms with Gasteiger partial charge in [-0.2, -0.15) is 13.2 Å². The van der Waals surface area contributed by atoms with Gasteiger partial charge in [-0.15, -0.1) is 0 Å². The molecule has 30 heavy (non-hydrogen) atoms. The lowest BCUT2D eigenvalue weighted by Crippen LogP contribution is -2.55. The van der Waals surface area contributed by atoms with Gasteiger partial charge in [0.1, 0.15) is 5.82 Å². The Hall–Kier alpha value is -2.35. The molecule has 0 saturated carbocycles. The van der Waals surface area contributed by atoms with E-state index in [9.17, 15) is 18.0 Å². The summed E-state index contributed by atoms with van der Waals surface area (Å²) in [5.41, 5.74) is -0.515. The van der Waals surface area contributed by atoms with Gasteiger partial charge in [0.25, 0.3) is 0 Å². The fraction of sp³-hybridized carbons (Fsp3) is 0.545. The molecule has 0 aliphatic carbocycles. The summed E-state index contributed by atoms with van der Waals surface area (Å²) >= 11 is 0. The SMILES string of the molecule is Cn1ccnc1CN1[C@H]2CCCCC(=O)N[C@@]2(C)C[C@H]1c1cccc(C(F)(F)F)c1. The Kier molecular flexibility index (Phi) is 5.38. The summed E-state index contributed by atoms with van der Waals surface area (Å²) in [5.74, 6) is 0.869. The monoisotopic (exact) mass is 420 g/mol. The average molecular weight is 420 g/mol. The molecule has 2 fully saturated rings. The number of carbonyl (C=O) groups excluding carboxylic acids is 1. The number of alkyl halides is 3. The highest BCUT2D eigenvalue weighted by Crippen LogP contribution is 2.46. The number of nitrogens with zero attached hydrogens (tertiary/aromatic N) is 3. The second kappa shape index (κ2) is 7.72. The van der Waals surface area contributed by atoms with E-state index in [-0.39, 0.29) is 18.0 Å². The number of benzene rings is 1. The van der Waals surface area contributed by atoms with E-state index < -0.39 is 17.3 Å². The van der Waals surface area contributed by atoms with E-state index >= 15 is 0 Å². The highest BCUT2D eigenvalue weighted by atomic mass is 19.4. The topological polar surface area (TPSA) is 50.2 Å². The number of fused-ring (bicyclic) bond motifs is 1. The van der Waals surface area contributed by atoms with E-state index in [1.165, 1.54) is 12.1 Å². The zero-order valence-corrected chi connectivity index (χ0v) is 17.2. The first-order valence-electron chi connectivity index (χ1n) is 10.4. The molecule has 3 atom stereocenters. The van der Waals surface area contributed by atoms with Crippen LogP contribution in [0.1, 0.15) is 62.0 Å². The molecular formula is C22H27F3N4O. The summed E-state index contributed by atoms with van der Waals surface area (Å²) in [6.45, 7) is 2.54. The summed E-state index contributed by atoms with van der Waals surface area (Å²) in [5, 5.41) is 3.20. The molecule has 1 amide bonds. The molecule has 2 saturated heterocycles. The minimum absolute atomic E-state index is 0.0174. The number of rotatable bonds is 3. The van der Waals surface area contributed by atoms with Crippen LogP contribution in [0.5, 0.6) is 0 Å². The normalized spacial score (nSPS) is 28.0. The molecule has 4 rings (SSSR count). The molecule has 8 heteroatoms. The van der Waals surface area contributed by atoms with Crippen LogP contribution in [0.3, 0.4) is 0 Å². The maximum atomic E-state index is 13.4. The van der Waals surface area contributed by atoms with E-state index in [0.717, 1.165) is 31.2 Å². The van der Waals surface area contributed by atoms with Gasteiger partial charge in [-0.25, -0.2) is 4.98 Å². The number of aryl methyl sites for hydroxylation is 1. The smallest absolute Gasteiger partial charge is 0.349 e. The summed E-state index contributed by atoms with van der Waals surface area (Å²) in [7, 11) is 1.91. The van der Waals surface area contributed by atoms with Gasteiger partial charge in [0.2, 0.25) is 5.91 Å². The van der Waals surface area contributed by atoms with Crippen molar-refractivity contribution in [3.05, 3.63) is 53.6 Å². The zero-order chi connectivity index (χ0) is 21.5. The van der Waals surface area contributed by atoms with Crippen molar-refractivity contribution in [2.45, 2.75) is 69.4 Å². The third kappa shape index (κ3) is 3.97. The Balaban J connectivity index is 1.75. The van der Waals surface area contributed by atoms with Crippen molar-refractivity contribution >= 4 is 5.91 Å². The largest absolute Gasteiger partial charge is 0.416 e. The van der Waals surface area contributed by atoms with Crippen LogP contribution < -0.4 is 5.32 Å². The van der Waals surface area contributed by atoms with Crippen molar-refractivity contribution in [3.63, 3.8) is 0 Å². The minimum Gasteiger partial charge on any atom is -0.349 e. The maximum Gasteiger partial charge on any atom is 0.416 e. The lowest BCUT2D eigenvalue weighted by Gasteiger charge is -2.38. The molecule has 0 unspecified atom stereocenters. The van der Waals surface area contributed by atoms with Gasteiger partial charge in [-0.3, -0.25) is 9.69 Å². The third-order valence-electron chi connectivity index (χ3n) is 6.55. The summed E-state index contributed by atoms with van der Waals surface area (Å²) in [6, 6.07) is 5.37. The van der Waals surface area contributed by atoms with Gasteiger partial charge in [0, 0.05) is 37.9 Å². The van der Waals surface area contributed by atoms with Crippen molar-refractivity contribution in [2.24, 2.45) is 7.05 Å². The first-order chi connectivity index (χ1) is 14.2. The Bertz CT molecular complexity index is 925. The van der Waals surface area contributed by atoms with Crippen molar-refractivity contribution in [3.8, 4) is 0 Å². The molecule has 5 nitrogen and oxygen atoms in total. The van der Waals surface area contributed by atoms with Crippen LogP contribution in [0.15, 0.2) is 36.7 Å². The molecule has 0 bridgehead atoms. The standard InChI is InChI=1S/C22H27F3N4O/c1-21-13-17(15-6-5-7-16(12-15)22(23,24)25)29(14-19-26-10-11-28(19)2)18(21)8-3-4-9-20(30)27-21/h5-7,10-12,17-18H,3-4,8-9,13-14H2,1-2H3,(H,27,30)/t17-,18-,21-/m0/s1. The minimum atomic E-state index is -4.39. The van der Waals surface area contributed by atoms with Gasteiger partial charge in [0.15, 0.2) is 0 Å². The number of likely N-dealkylation sites (tertiary alicyclic amines) is 1. The molecule has 1 aromatic heterocycles. The average Bonchev–Trinajstić information content (AvgIpc) is 3.18. The molecular weight excluding hydrogens is 393 g/mol. The first kappa shape index (κ1) is 20.9. The molecule has 0 spiro atoms. The van der Waals surface area contributed by atoms with E-state index in [1.54, 1.807) is 12.3 Å². The Morgan fingerprint density at radius 3 is 2.80 bits per heavy atom. The number of imidazole rings is 1. The molecule has 2 aromatic rings. The lowest BCUT2D eigenvalue weighted by atomic mass is 9.85. The van der Waals surface area contributed by atoms with Crippen LogP contribution in [0.2, 0.25) is 0 Å². The van der Waals surface area contributed by atoms with E-state index in [0.29, 0.717) is 24.9 Å². The Morgan fingerprint density at radius 1 is 1.30 bits per heavy atom. The van der Waals surface area contributed by atoms with Crippen LogP contribution in [-0.4, -0.2) is 31.9 Å². The van der Waals surface area contributed by atoms with Gasteiger partial charge < -0.3 is 9.88 Å². The molecule has 1 aromatic carbocycles. The summed E-state index contributed by atoms with van der Waals surface area (Å²) in [6.07, 6.45) is 2.89. The number of amides is 1. The highest BCUT2D eigenvalue weighted by Gasteiger charge is 2.51. The van der Waals surface area contributed by atoms with Crippen LogP contribution >= 0.6 is 0 Å². The Morgan fingerprint density at radius 2 is 2.10 bits per heavy atom. The predicted octanol–water partition coefficient (Wildman–Crippen LogP) is 4.20. The van der Waals surface area contributed by atoms with Crippen molar-refractivity contribution < 1.29 is 18.0 Å². The number of halogens is 3. The van der Waals surface area contributed by atoms with Crippen LogP contribution in [0.25, 0.3) is 0 Å². The number of aromatic nitrogens is 2. The molecule has 162 valence electrons. The van der Waals surface area contributed by atoms with Crippen molar-refractivity contribution in [1.29, 1.82) is 0 Å². The van der Waals surface area contributed by atoms with Gasteiger partial charge >= 0.3 is 6.18 Å². The quantitative estimate of drug-likeness (QED) is 0.810. The third-order valence-corrected chi connectivity index (χ3v) is 6.55. The maximum absolute atomic E-state index is 13.4. The summed E-state index contributed by atoms with van der Waals surface area (Å²) in [4.78, 5) is 19.1. The number of hydrogen-bond donors (Lipinski definition) is 1. The fourth-order valence-corrected chi connectivity index (χ4v) is 5.03. The molecule has 2 aliphatic heterocycles. The zero-order valence-electron chi connectivity index (χ0n) is 17.2. The number of nitrogens with one attached hydrogen (secondary N) is 1. The van der Waals surface area contributed by atoms with E-state index in [2.05, 4.69) is 15.2 Å². The second-order valence-corrected chi connectivity index (χ2v) is 8.70. The van der Waals surface area contributed by atoms with E-state index in [4.69, 9.17) is 0 Å². The van der Waals surface area contributed by atoms with Crippen molar-refractivity contribution in [2.75, 3.05) is 0 Å². The number of hydrogen-bond acceptors (Lipinski definition) is 3. The van der Waals surface area contributed by atoms with Gasteiger partial charge in [-0.1, -0.05) is 18.6 Å². The Labute approximate surface area is 174 Å². The lowest BCUT2D eigenvalue weighted by molar-refractivity contribution is -0.137. The highest BCUT2D eigenvalue weighted by molar-refractivity contribution is 5.77.